The topological polar surface area (TPSA) is 84.9 Å². The lowest BCUT2D eigenvalue weighted by atomic mass is 9.53. The number of hydrogen-bond donors (Lipinski definition) is 2. The van der Waals surface area contributed by atoms with Crippen molar-refractivity contribution in [1.82, 2.24) is 5.32 Å². The smallest absolute Gasteiger partial charge is 0.475 e. The minimum absolute atomic E-state index is 0.00565. The van der Waals surface area contributed by atoms with Gasteiger partial charge in [0.25, 0.3) is 0 Å². The van der Waals surface area contributed by atoms with Crippen LogP contribution in [0.1, 0.15) is 70.4 Å². The number of carbonyl (C=O) groups excluding carboxylic acids is 1. The van der Waals surface area contributed by atoms with Gasteiger partial charge in [-0.15, -0.1) is 0 Å². The largest absolute Gasteiger partial charge is 0.490 e. The fourth-order valence-corrected chi connectivity index (χ4v) is 5.64. The number of halogens is 3. The Labute approximate surface area is 198 Å². The Morgan fingerprint density at radius 2 is 1.88 bits per heavy atom. The lowest BCUT2D eigenvalue weighted by Crippen LogP contribution is -2.59. The number of ether oxygens (including phenoxy) is 2. The summed E-state index contributed by atoms with van der Waals surface area (Å²) >= 11 is 0. The summed E-state index contributed by atoms with van der Waals surface area (Å²) in [6.07, 6.45) is 3.00. The van der Waals surface area contributed by atoms with E-state index in [0.717, 1.165) is 24.6 Å². The van der Waals surface area contributed by atoms with E-state index in [0.29, 0.717) is 17.9 Å². The van der Waals surface area contributed by atoms with Crippen molar-refractivity contribution in [3.63, 3.8) is 0 Å². The lowest BCUT2D eigenvalue weighted by Gasteiger charge is -2.56. The zero-order valence-electron chi connectivity index (χ0n) is 20.0. The van der Waals surface area contributed by atoms with Gasteiger partial charge in [-0.2, -0.15) is 13.2 Å². The molecular formula is C25H34F3NO5. The predicted octanol–water partition coefficient (Wildman–Crippen LogP) is 4.98. The second kappa shape index (κ2) is 10.1. The zero-order chi connectivity index (χ0) is 25.1. The van der Waals surface area contributed by atoms with Crippen LogP contribution in [0.5, 0.6) is 5.75 Å². The summed E-state index contributed by atoms with van der Waals surface area (Å²) in [5.41, 5.74) is 3.24. The highest BCUT2D eigenvalue weighted by molar-refractivity contribution is 5.73. The van der Waals surface area contributed by atoms with E-state index in [1.54, 1.807) is 0 Å². The minimum Gasteiger partial charge on any atom is -0.475 e. The van der Waals surface area contributed by atoms with Gasteiger partial charge in [0, 0.05) is 11.5 Å². The molecule has 2 N–H and O–H groups in total. The summed E-state index contributed by atoms with van der Waals surface area (Å²) in [7, 11) is 0. The molecule has 2 bridgehead atoms. The summed E-state index contributed by atoms with van der Waals surface area (Å²) in [6, 6.07) is 7.14. The normalized spacial score (nSPS) is 25.7. The highest BCUT2D eigenvalue weighted by atomic mass is 19.4. The minimum atomic E-state index is -5.08. The first-order chi connectivity index (χ1) is 15.8. The molecule has 34 heavy (non-hydrogen) atoms. The van der Waals surface area contributed by atoms with Crippen LogP contribution in [-0.2, 0) is 26.2 Å². The van der Waals surface area contributed by atoms with E-state index < -0.39 is 12.1 Å². The molecule has 1 aliphatic heterocycles. The van der Waals surface area contributed by atoms with Crippen molar-refractivity contribution in [3.05, 3.63) is 29.3 Å². The van der Waals surface area contributed by atoms with Crippen molar-refractivity contribution in [3.8, 4) is 5.75 Å². The molecular weight excluding hydrogens is 451 g/mol. The van der Waals surface area contributed by atoms with Gasteiger partial charge < -0.3 is 19.9 Å². The molecule has 2 aliphatic carbocycles. The number of rotatable bonds is 4. The Kier molecular flexibility index (Phi) is 7.85. The first-order valence-corrected chi connectivity index (χ1v) is 11.8. The molecule has 1 aromatic carbocycles. The Hall–Kier alpha value is -2.29. The molecule has 6 nitrogen and oxygen atoms in total. The molecule has 2 fully saturated rings. The molecule has 9 heteroatoms. The Balaban J connectivity index is 0.000000406. The van der Waals surface area contributed by atoms with Crippen LogP contribution < -0.4 is 10.1 Å². The van der Waals surface area contributed by atoms with Crippen molar-refractivity contribution in [2.75, 3.05) is 13.3 Å². The summed E-state index contributed by atoms with van der Waals surface area (Å²) < 4.78 is 42.8. The number of carboxylic acid groups (broad SMARTS) is 1. The van der Waals surface area contributed by atoms with E-state index in [1.807, 2.05) is 26.8 Å². The standard InChI is InChI=1S/C23H33NO3.C2HF3O2/c1-22(2,3)14-21(25)27-15-26-17-8-7-16-12-20-18-6-4-5-9-23(18,10-11-24-20)19(16)13-17;3-2(4,5)1(6)7/h7-8,13,18,20,24H,4-6,9-12,14-15H2,1-3H3;(H,6,7)/t18-,20+,23-;/m1./s1. The second-order valence-corrected chi connectivity index (χ2v) is 10.7. The van der Waals surface area contributed by atoms with Gasteiger partial charge in [0.1, 0.15) is 5.75 Å². The zero-order valence-corrected chi connectivity index (χ0v) is 20.0. The van der Waals surface area contributed by atoms with Gasteiger partial charge >= 0.3 is 18.1 Å². The summed E-state index contributed by atoms with van der Waals surface area (Å²) in [5.74, 6) is -1.37. The predicted molar refractivity (Wildman–Crippen MR) is 120 cm³/mol. The lowest BCUT2D eigenvalue weighted by molar-refractivity contribution is -0.192. The van der Waals surface area contributed by atoms with E-state index in [9.17, 15) is 18.0 Å². The van der Waals surface area contributed by atoms with E-state index in [4.69, 9.17) is 19.4 Å². The Morgan fingerprint density at radius 3 is 2.53 bits per heavy atom. The molecule has 190 valence electrons. The first kappa shape index (κ1) is 26.3. The van der Waals surface area contributed by atoms with Gasteiger partial charge in [-0.05, 0) is 66.8 Å². The second-order valence-electron chi connectivity index (χ2n) is 10.7. The maximum Gasteiger partial charge on any atom is 0.490 e. The van der Waals surface area contributed by atoms with Gasteiger partial charge in [0.15, 0.2) is 0 Å². The van der Waals surface area contributed by atoms with E-state index in [2.05, 4.69) is 17.4 Å². The molecule has 1 aromatic rings. The molecule has 1 saturated heterocycles. The number of benzene rings is 1. The average molecular weight is 486 g/mol. The molecule has 4 rings (SSSR count). The summed E-state index contributed by atoms with van der Waals surface area (Å²) in [6.45, 7) is 7.21. The maximum absolute atomic E-state index is 11.9. The average Bonchev–Trinajstić information content (AvgIpc) is 2.72. The molecule has 0 unspecified atom stereocenters. The molecule has 0 aromatic heterocycles. The first-order valence-electron chi connectivity index (χ1n) is 11.8. The van der Waals surface area contributed by atoms with Crippen LogP contribution >= 0.6 is 0 Å². The number of esters is 1. The number of aliphatic carboxylic acids is 1. The third-order valence-electron chi connectivity index (χ3n) is 6.98. The van der Waals surface area contributed by atoms with Gasteiger partial charge in [0.05, 0.1) is 6.42 Å². The fourth-order valence-electron chi connectivity index (χ4n) is 5.64. The summed E-state index contributed by atoms with van der Waals surface area (Å²) in [4.78, 5) is 20.8. The van der Waals surface area contributed by atoms with Gasteiger partial charge in [-0.25, -0.2) is 4.79 Å². The van der Waals surface area contributed by atoms with Crippen molar-refractivity contribution >= 4 is 11.9 Å². The number of fused-ring (bicyclic) bond motifs is 1. The van der Waals surface area contributed by atoms with Crippen LogP contribution in [0, 0.1) is 11.3 Å². The quantitative estimate of drug-likeness (QED) is 0.462. The number of carboxylic acids is 1. The van der Waals surface area contributed by atoms with Gasteiger partial charge in [-0.1, -0.05) is 39.7 Å². The van der Waals surface area contributed by atoms with Crippen molar-refractivity contribution in [2.45, 2.75) is 83.4 Å². The van der Waals surface area contributed by atoms with Crippen LogP contribution in [0.25, 0.3) is 0 Å². The highest BCUT2D eigenvalue weighted by Crippen LogP contribution is 2.54. The molecule has 3 atom stereocenters. The third-order valence-corrected chi connectivity index (χ3v) is 6.98. The Morgan fingerprint density at radius 1 is 1.18 bits per heavy atom. The van der Waals surface area contributed by atoms with E-state index >= 15 is 0 Å². The van der Waals surface area contributed by atoms with Crippen molar-refractivity contribution < 1.29 is 37.3 Å². The molecule has 1 saturated carbocycles. The molecule has 0 amide bonds. The number of nitrogens with one attached hydrogen (secondary N) is 1. The van der Waals surface area contributed by atoms with Crippen LogP contribution in [0.2, 0.25) is 0 Å². The SMILES string of the molecule is CC(C)(C)CC(=O)OCOc1ccc2c(c1)[C@@]13CCCC[C@@H]1[C@H](C2)NCC3.O=C(O)C(F)(F)F. The van der Waals surface area contributed by atoms with Crippen LogP contribution in [-0.4, -0.2) is 42.6 Å². The number of carbonyl (C=O) groups is 2. The van der Waals surface area contributed by atoms with Crippen LogP contribution in [0.15, 0.2) is 18.2 Å². The highest BCUT2D eigenvalue weighted by Gasteiger charge is 2.51. The fraction of sp³-hybridized carbons (Fsp3) is 0.680. The summed E-state index contributed by atoms with van der Waals surface area (Å²) in [5, 5.41) is 10.9. The van der Waals surface area contributed by atoms with Crippen molar-refractivity contribution in [1.29, 1.82) is 0 Å². The third kappa shape index (κ3) is 6.23. The van der Waals surface area contributed by atoms with Crippen LogP contribution in [0.4, 0.5) is 13.2 Å². The molecule has 0 spiro atoms. The maximum atomic E-state index is 11.9. The number of hydrogen-bond acceptors (Lipinski definition) is 5. The molecule has 0 radical (unpaired) electrons. The van der Waals surface area contributed by atoms with Gasteiger partial charge in [0.2, 0.25) is 6.79 Å². The van der Waals surface area contributed by atoms with E-state index in [1.165, 1.54) is 43.2 Å². The Bertz CT molecular complexity index is 892. The van der Waals surface area contributed by atoms with Crippen LogP contribution in [0.3, 0.4) is 0 Å². The number of piperidine rings is 1. The monoisotopic (exact) mass is 485 g/mol. The van der Waals surface area contributed by atoms with Gasteiger partial charge in [-0.3, -0.25) is 4.79 Å². The number of alkyl halides is 3. The van der Waals surface area contributed by atoms with E-state index in [-0.39, 0.29) is 18.2 Å². The van der Waals surface area contributed by atoms with Crippen molar-refractivity contribution in [2.24, 2.45) is 11.3 Å². The molecule has 3 aliphatic rings. The molecule has 1 heterocycles.